The van der Waals surface area contributed by atoms with Crippen LogP contribution in [0.15, 0.2) is 130 Å². The smallest absolute Gasteiger partial charge is 0.338 e. The predicted octanol–water partition coefficient (Wildman–Crippen LogP) is 13.8. The van der Waals surface area contributed by atoms with Crippen molar-refractivity contribution in [2.45, 2.75) is 53.8 Å². The lowest BCUT2D eigenvalue weighted by Crippen LogP contribution is -2.14. The first-order valence-electron chi connectivity index (χ1n) is 20.6. The molecule has 7 aromatic carbocycles. The summed E-state index contributed by atoms with van der Waals surface area (Å²) in [5.41, 5.74) is 2.43. The number of aryl methyl sites for hydroxylation is 2. The van der Waals surface area contributed by atoms with Crippen LogP contribution in [-0.4, -0.2) is 46.2 Å². The summed E-state index contributed by atoms with van der Waals surface area (Å²) in [4.78, 5) is 52.9. The number of phenolic OH excluding ortho intramolecular Hbond substituents is 2. The van der Waals surface area contributed by atoms with Gasteiger partial charge in [-0.1, -0.05) is 83.9 Å². The fraction of sp³-hybridized carbons (Fsp3) is 0.160. The van der Waals surface area contributed by atoms with E-state index in [1.807, 2.05) is 0 Å². The van der Waals surface area contributed by atoms with Crippen LogP contribution in [0.1, 0.15) is 80.3 Å². The summed E-state index contributed by atoms with van der Waals surface area (Å²) >= 11 is 13.3. The van der Waals surface area contributed by atoms with Gasteiger partial charge in [0, 0.05) is 10.8 Å². The van der Waals surface area contributed by atoms with Gasteiger partial charge >= 0.3 is 11.9 Å². The highest BCUT2D eigenvalue weighted by Crippen LogP contribution is 2.43. The lowest BCUT2D eigenvalue weighted by Gasteiger charge is -2.15. The molecule has 0 fully saturated rings. The van der Waals surface area contributed by atoms with E-state index in [1.54, 1.807) is 114 Å². The molecule has 0 aliphatic rings. The molecular weight excluding hydrogens is 883 g/mol. The Labute approximate surface area is 388 Å². The normalized spacial score (nSPS) is 11.5. The minimum Gasteiger partial charge on any atom is -0.505 e. The van der Waals surface area contributed by atoms with E-state index in [9.17, 15) is 29.4 Å². The number of benzene rings is 7. The summed E-state index contributed by atoms with van der Waals surface area (Å²) in [6.45, 7) is 10.6. The third-order valence-corrected chi connectivity index (χ3v) is 10.7. The number of amides is 2. The van der Waals surface area contributed by atoms with E-state index in [2.05, 4.69) is 31.1 Å². The highest BCUT2D eigenvalue weighted by atomic mass is 35.5. The summed E-state index contributed by atoms with van der Waals surface area (Å²) in [6, 6.07) is 29.3. The van der Waals surface area contributed by atoms with Crippen molar-refractivity contribution < 1.29 is 38.9 Å². The Kier molecular flexibility index (Phi) is 13.8. The Morgan fingerprint density at radius 2 is 0.909 bits per heavy atom. The lowest BCUT2D eigenvalue weighted by molar-refractivity contribution is 0.0367. The molecule has 4 N–H and O–H groups in total. The fourth-order valence-electron chi connectivity index (χ4n) is 6.76. The van der Waals surface area contributed by atoms with Gasteiger partial charge in [-0.15, -0.1) is 10.2 Å². The van der Waals surface area contributed by atoms with Gasteiger partial charge in [0.25, 0.3) is 11.8 Å². The van der Waals surface area contributed by atoms with Gasteiger partial charge in [-0.2, -0.15) is 10.2 Å². The number of ether oxygens (including phenoxy) is 2. The Hall–Kier alpha value is -7.68. The Balaban J connectivity index is 1.15. The molecule has 0 radical (unpaired) electrons. The van der Waals surface area contributed by atoms with Gasteiger partial charge in [0.05, 0.1) is 67.3 Å². The number of aromatic hydroxyl groups is 2. The maximum Gasteiger partial charge on any atom is 0.338 e. The molecule has 0 atom stereocenters. The van der Waals surface area contributed by atoms with Gasteiger partial charge in [-0.05, 0) is 112 Å². The van der Waals surface area contributed by atoms with Crippen LogP contribution in [0.4, 0.5) is 34.1 Å². The third-order valence-electron chi connectivity index (χ3n) is 10.1. The number of carbonyl (C=O) groups is 4. The summed E-state index contributed by atoms with van der Waals surface area (Å²) in [5.74, 6) is -3.53. The van der Waals surface area contributed by atoms with Gasteiger partial charge in [0.15, 0.2) is 11.5 Å². The van der Waals surface area contributed by atoms with Crippen molar-refractivity contribution in [1.29, 1.82) is 0 Å². The molecule has 14 nitrogen and oxygen atoms in total. The number of anilines is 2. The summed E-state index contributed by atoms with van der Waals surface area (Å²) in [6.07, 6.45) is -0.650. The maximum absolute atomic E-state index is 13.9. The van der Waals surface area contributed by atoms with Crippen molar-refractivity contribution >= 4 is 103 Å². The van der Waals surface area contributed by atoms with Crippen molar-refractivity contribution in [3.63, 3.8) is 0 Å². The summed E-state index contributed by atoms with van der Waals surface area (Å²) in [7, 11) is 0. The number of hydrogen-bond acceptors (Lipinski definition) is 12. The molecule has 16 heteroatoms. The number of carbonyl (C=O) groups excluding carboxylic acids is 4. The lowest BCUT2D eigenvalue weighted by atomic mass is 10.0. The highest BCUT2D eigenvalue weighted by molar-refractivity contribution is 6.38. The Bertz CT molecular complexity index is 2960. The maximum atomic E-state index is 13.9. The van der Waals surface area contributed by atoms with E-state index in [0.717, 1.165) is 0 Å². The quantitative estimate of drug-likeness (QED) is 0.0684. The first-order chi connectivity index (χ1) is 31.5. The molecular formula is C50H42Cl2N6O8. The number of phenols is 2. The molecule has 0 saturated heterocycles. The van der Waals surface area contributed by atoms with Gasteiger partial charge in [-0.3, -0.25) is 9.59 Å². The van der Waals surface area contributed by atoms with Gasteiger partial charge < -0.3 is 30.3 Å². The van der Waals surface area contributed by atoms with Crippen molar-refractivity contribution in [3.05, 3.63) is 153 Å². The highest BCUT2D eigenvalue weighted by Gasteiger charge is 2.23. The zero-order valence-corrected chi connectivity index (χ0v) is 37.9. The SMILES string of the molecule is Cc1ccc(C(=O)OC(C)C)cc1N=Nc1c(O)c(C(=O)Nc2cc(Cl)c(NC(=O)c3cc4ccccc4c(N=Nc4cc(C(=O)OC(C)C)ccc4C)c3O)cc2Cl)cc2ccccc12. The molecule has 0 heterocycles. The molecule has 0 aromatic heterocycles. The molecule has 0 aliphatic carbocycles. The predicted molar refractivity (Wildman–Crippen MR) is 255 cm³/mol. The van der Waals surface area contributed by atoms with E-state index in [1.165, 1.54) is 36.4 Å². The number of rotatable bonds is 12. The van der Waals surface area contributed by atoms with Crippen LogP contribution in [0.3, 0.4) is 0 Å². The molecule has 2 amide bonds. The first-order valence-corrected chi connectivity index (χ1v) is 21.3. The molecule has 0 bridgehead atoms. The van der Waals surface area contributed by atoms with Crippen molar-refractivity contribution in [1.82, 2.24) is 0 Å². The minimum absolute atomic E-state index is 0.00424. The molecule has 7 aromatic rings. The second kappa shape index (κ2) is 19.6. The van der Waals surface area contributed by atoms with Crippen LogP contribution in [0.25, 0.3) is 21.5 Å². The van der Waals surface area contributed by atoms with E-state index >= 15 is 0 Å². The number of nitrogens with one attached hydrogen (secondary N) is 2. The van der Waals surface area contributed by atoms with Crippen molar-refractivity contribution in [2.24, 2.45) is 20.5 Å². The molecule has 0 unspecified atom stereocenters. The first kappa shape index (κ1) is 46.3. The van der Waals surface area contributed by atoms with Gasteiger partial charge in [0.2, 0.25) is 0 Å². The number of esters is 2. The number of halogens is 2. The third kappa shape index (κ3) is 10.1. The number of azo groups is 2. The Morgan fingerprint density at radius 3 is 1.29 bits per heavy atom. The monoisotopic (exact) mass is 924 g/mol. The Morgan fingerprint density at radius 1 is 0.530 bits per heavy atom. The van der Waals surface area contributed by atoms with Gasteiger partial charge in [-0.25, -0.2) is 9.59 Å². The average Bonchev–Trinajstić information content (AvgIpc) is 3.27. The van der Waals surface area contributed by atoms with Gasteiger partial charge in [0.1, 0.15) is 11.4 Å². The van der Waals surface area contributed by atoms with Crippen LogP contribution in [0.2, 0.25) is 10.0 Å². The fourth-order valence-corrected chi connectivity index (χ4v) is 7.18. The topological polar surface area (TPSA) is 201 Å². The minimum atomic E-state index is -0.765. The molecule has 334 valence electrons. The standard InChI is InChI=1S/C50H42Cl2N6O8/c1-25(2)65-49(63)31-17-15-27(5)39(21-31)55-57-43-33-13-9-7-11-29(33)19-35(45(43)59)47(61)53-41-23-38(52)42(24-37(41)51)54-48(62)36-20-30-12-8-10-14-34(30)44(46(36)60)58-56-40-22-32(18-16-28(40)6)50(64)66-26(3)4/h7-26,59-60H,1-6H3,(H,53,61)(H,54,62). The van der Waals surface area contributed by atoms with Crippen LogP contribution in [0.5, 0.6) is 11.5 Å². The molecule has 7 rings (SSSR count). The van der Waals surface area contributed by atoms with E-state index in [4.69, 9.17) is 32.7 Å². The van der Waals surface area contributed by atoms with Crippen LogP contribution >= 0.6 is 23.2 Å². The van der Waals surface area contributed by atoms with Crippen molar-refractivity contribution in [2.75, 3.05) is 10.6 Å². The van der Waals surface area contributed by atoms with Crippen molar-refractivity contribution in [3.8, 4) is 11.5 Å². The summed E-state index contributed by atoms with van der Waals surface area (Å²) in [5, 5.41) is 47.9. The molecule has 0 saturated carbocycles. The van der Waals surface area contributed by atoms with E-state index < -0.39 is 35.3 Å². The number of hydrogen-bond donors (Lipinski definition) is 4. The molecule has 0 spiro atoms. The average molecular weight is 926 g/mol. The zero-order valence-electron chi connectivity index (χ0n) is 36.4. The number of fused-ring (bicyclic) bond motifs is 2. The number of nitrogens with zero attached hydrogens (tertiary/aromatic N) is 4. The van der Waals surface area contributed by atoms with E-state index in [0.29, 0.717) is 44.0 Å². The molecule has 66 heavy (non-hydrogen) atoms. The van der Waals surface area contributed by atoms with Crippen LogP contribution < -0.4 is 10.6 Å². The molecule has 0 aliphatic heterocycles. The second-order valence-corrected chi connectivity index (χ2v) is 16.5. The second-order valence-electron chi connectivity index (χ2n) is 15.7. The zero-order chi connectivity index (χ0) is 47.4. The van der Waals surface area contributed by atoms with Crippen LogP contribution in [-0.2, 0) is 9.47 Å². The van der Waals surface area contributed by atoms with Crippen LogP contribution in [0, 0.1) is 13.8 Å². The summed E-state index contributed by atoms with van der Waals surface area (Å²) < 4.78 is 10.6. The largest absolute Gasteiger partial charge is 0.505 e. The van der Waals surface area contributed by atoms with E-state index in [-0.39, 0.29) is 67.3 Å².